The van der Waals surface area contributed by atoms with Gasteiger partial charge < -0.3 is 5.32 Å². The van der Waals surface area contributed by atoms with Crippen molar-refractivity contribution in [2.45, 2.75) is 38.3 Å². The number of nitrogens with one attached hydrogen (secondary N) is 1. The van der Waals surface area contributed by atoms with E-state index in [2.05, 4.69) is 34.4 Å². The van der Waals surface area contributed by atoms with Gasteiger partial charge in [-0.1, -0.05) is 12.8 Å². The molecule has 2 rings (SSSR count). The van der Waals surface area contributed by atoms with Crippen LogP contribution in [-0.4, -0.2) is 30.0 Å². The molecule has 1 N–H and O–H groups in total. The van der Waals surface area contributed by atoms with Crippen molar-refractivity contribution in [2.75, 3.05) is 19.4 Å². The second kappa shape index (κ2) is 5.30. The predicted octanol–water partition coefficient (Wildman–Crippen LogP) is 2.50. The van der Waals surface area contributed by atoms with Crippen LogP contribution in [0, 0.1) is 0 Å². The zero-order chi connectivity index (χ0) is 11.4. The lowest BCUT2D eigenvalue weighted by Gasteiger charge is -2.24. The summed E-state index contributed by atoms with van der Waals surface area (Å²) < 4.78 is 0. The van der Waals surface area contributed by atoms with Crippen molar-refractivity contribution in [3.8, 4) is 0 Å². The molecule has 1 aromatic rings. The van der Waals surface area contributed by atoms with Crippen LogP contribution >= 0.6 is 0 Å². The highest BCUT2D eigenvalue weighted by molar-refractivity contribution is 5.36. The summed E-state index contributed by atoms with van der Waals surface area (Å²) in [5, 5.41) is 3.08. The summed E-state index contributed by atoms with van der Waals surface area (Å²) in [6.07, 6.45) is 7.39. The van der Waals surface area contributed by atoms with Crippen LogP contribution in [0.1, 0.15) is 31.2 Å². The lowest BCUT2D eigenvalue weighted by Crippen LogP contribution is -2.28. The lowest BCUT2D eigenvalue weighted by atomic mass is 10.2. The molecule has 0 saturated heterocycles. The minimum absolute atomic E-state index is 0.784. The molecule has 1 saturated carbocycles. The van der Waals surface area contributed by atoms with Crippen LogP contribution in [0.3, 0.4) is 0 Å². The van der Waals surface area contributed by atoms with Gasteiger partial charge in [0.25, 0.3) is 0 Å². The average Bonchev–Trinajstić information content (AvgIpc) is 2.83. The summed E-state index contributed by atoms with van der Waals surface area (Å²) in [6.45, 7) is 1.03. The van der Waals surface area contributed by atoms with E-state index in [4.69, 9.17) is 0 Å². The fourth-order valence-electron chi connectivity index (χ4n) is 2.47. The molecule has 0 unspecified atom stereocenters. The monoisotopic (exact) mass is 219 g/mol. The summed E-state index contributed by atoms with van der Waals surface area (Å²) >= 11 is 0. The first-order valence-corrected chi connectivity index (χ1v) is 6.12. The van der Waals surface area contributed by atoms with Crippen molar-refractivity contribution in [1.29, 1.82) is 0 Å². The smallest absolute Gasteiger partial charge is 0.125 e. The molecule has 1 heterocycles. The van der Waals surface area contributed by atoms with E-state index in [1.165, 1.54) is 31.2 Å². The average molecular weight is 219 g/mol. The highest BCUT2D eigenvalue weighted by Crippen LogP contribution is 2.23. The highest BCUT2D eigenvalue weighted by Gasteiger charge is 2.19. The molecule has 1 aromatic heterocycles. The number of aromatic nitrogens is 1. The van der Waals surface area contributed by atoms with E-state index in [9.17, 15) is 0 Å². The van der Waals surface area contributed by atoms with Crippen LogP contribution in [0.15, 0.2) is 18.3 Å². The van der Waals surface area contributed by atoms with Gasteiger partial charge in [-0.3, -0.25) is 4.90 Å². The molecule has 1 fully saturated rings. The fraction of sp³-hybridized carbons (Fsp3) is 0.615. The number of anilines is 1. The SMILES string of the molecule is CNc1cc(CN(C)C2CCCC2)ccn1. The quantitative estimate of drug-likeness (QED) is 0.843. The largest absolute Gasteiger partial charge is 0.373 e. The van der Waals surface area contributed by atoms with Gasteiger partial charge in [-0.05, 0) is 37.6 Å². The van der Waals surface area contributed by atoms with Crippen molar-refractivity contribution in [3.63, 3.8) is 0 Å². The number of rotatable bonds is 4. The van der Waals surface area contributed by atoms with Crippen molar-refractivity contribution >= 4 is 5.82 Å². The first kappa shape index (κ1) is 11.4. The maximum absolute atomic E-state index is 4.23. The second-order valence-corrected chi connectivity index (χ2v) is 4.65. The van der Waals surface area contributed by atoms with Crippen LogP contribution in [-0.2, 0) is 6.54 Å². The van der Waals surface area contributed by atoms with E-state index in [0.717, 1.165) is 18.4 Å². The molecule has 1 aliphatic carbocycles. The summed E-state index contributed by atoms with van der Waals surface area (Å²) in [4.78, 5) is 6.71. The molecular weight excluding hydrogens is 198 g/mol. The van der Waals surface area contributed by atoms with Crippen LogP contribution in [0.25, 0.3) is 0 Å². The molecule has 0 radical (unpaired) electrons. The number of hydrogen-bond donors (Lipinski definition) is 1. The summed E-state index contributed by atoms with van der Waals surface area (Å²) in [7, 11) is 4.14. The Morgan fingerprint density at radius 1 is 1.44 bits per heavy atom. The maximum atomic E-state index is 4.23. The molecule has 0 amide bonds. The lowest BCUT2D eigenvalue weighted by molar-refractivity contribution is 0.237. The van der Waals surface area contributed by atoms with Gasteiger partial charge in [0.1, 0.15) is 5.82 Å². The first-order chi connectivity index (χ1) is 7.79. The number of pyridine rings is 1. The van der Waals surface area contributed by atoms with E-state index >= 15 is 0 Å². The maximum Gasteiger partial charge on any atom is 0.125 e. The van der Waals surface area contributed by atoms with Gasteiger partial charge in [0.05, 0.1) is 0 Å². The molecule has 0 aromatic carbocycles. The molecule has 0 bridgehead atoms. The van der Waals surface area contributed by atoms with Gasteiger partial charge in [-0.2, -0.15) is 0 Å². The summed E-state index contributed by atoms with van der Waals surface area (Å²) in [5.41, 5.74) is 1.34. The van der Waals surface area contributed by atoms with Crippen LogP contribution in [0.4, 0.5) is 5.82 Å². The predicted molar refractivity (Wildman–Crippen MR) is 67.5 cm³/mol. The van der Waals surface area contributed by atoms with Gasteiger partial charge >= 0.3 is 0 Å². The van der Waals surface area contributed by atoms with Gasteiger partial charge in [-0.25, -0.2) is 4.98 Å². The molecule has 0 aliphatic heterocycles. The molecule has 3 nitrogen and oxygen atoms in total. The Hall–Kier alpha value is -1.09. The molecule has 16 heavy (non-hydrogen) atoms. The molecular formula is C13H21N3. The third kappa shape index (κ3) is 2.73. The van der Waals surface area contributed by atoms with Gasteiger partial charge in [0.15, 0.2) is 0 Å². The molecule has 0 atom stereocenters. The van der Waals surface area contributed by atoms with E-state index < -0.39 is 0 Å². The van der Waals surface area contributed by atoms with E-state index in [0.29, 0.717) is 0 Å². The number of hydrogen-bond acceptors (Lipinski definition) is 3. The fourth-order valence-corrected chi connectivity index (χ4v) is 2.47. The third-order valence-corrected chi connectivity index (χ3v) is 3.46. The Morgan fingerprint density at radius 3 is 2.88 bits per heavy atom. The molecule has 88 valence electrons. The van der Waals surface area contributed by atoms with Crippen LogP contribution in [0.5, 0.6) is 0 Å². The minimum atomic E-state index is 0.784. The minimum Gasteiger partial charge on any atom is -0.373 e. The molecule has 0 spiro atoms. The Labute approximate surface area is 97.9 Å². The van der Waals surface area contributed by atoms with Gasteiger partial charge in [-0.15, -0.1) is 0 Å². The second-order valence-electron chi connectivity index (χ2n) is 4.65. The van der Waals surface area contributed by atoms with Crippen molar-refractivity contribution in [3.05, 3.63) is 23.9 Å². The van der Waals surface area contributed by atoms with Gasteiger partial charge in [0.2, 0.25) is 0 Å². The first-order valence-electron chi connectivity index (χ1n) is 6.12. The van der Waals surface area contributed by atoms with E-state index in [1.54, 1.807) is 0 Å². The summed E-state index contributed by atoms with van der Waals surface area (Å²) in [6, 6.07) is 5.02. The standard InChI is InChI=1S/C13H21N3/c1-14-13-9-11(7-8-15-13)10-16(2)12-5-3-4-6-12/h7-9,12H,3-6,10H2,1-2H3,(H,14,15). The number of nitrogens with zero attached hydrogens (tertiary/aromatic N) is 2. The summed E-state index contributed by atoms with van der Waals surface area (Å²) in [5.74, 6) is 0.956. The highest BCUT2D eigenvalue weighted by atomic mass is 15.1. The van der Waals surface area contributed by atoms with E-state index in [1.807, 2.05) is 13.2 Å². The van der Waals surface area contributed by atoms with Crippen molar-refractivity contribution in [2.24, 2.45) is 0 Å². The molecule has 1 aliphatic rings. The molecule has 3 heteroatoms. The zero-order valence-corrected chi connectivity index (χ0v) is 10.2. The third-order valence-electron chi connectivity index (χ3n) is 3.46. The van der Waals surface area contributed by atoms with E-state index in [-0.39, 0.29) is 0 Å². The topological polar surface area (TPSA) is 28.2 Å². The Morgan fingerprint density at radius 2 is 2.19 bits per heavy atom. The normalized spacial score (nSPS) is 16.9. The van der Waals surface area contributed by atoms with Crippen molar-refractivity contribution < 1.29 is 0 Å². The van der Waals surface area contributed by atoms with Crippen LogP contribution in [0.2, 0.25) is 0 Å². The zero-order valence-electron chi connectivity index (χ0n) is 10.2. The Kier molecular flexibility index (Phi) is 3.78. The Bertz CT molecular complexity index is 332. The Balaban J connectivity index is 1.96. The van der Waals surface area contributed by atoms with Gasteiger partial charge in [0, 0.05) is 25.8 Å². The van der Waals surface area contributed by atoms with Crippen LogP contribution < -0.4 is 5.32 Å². The van der Waals surface area contributed by atoms with Crippen molar-refractivity contribution in [1.82, 2.24) is 9.88 Å².